The summed E-state index contributed by atoms with van der Waals surface area (Å²) in [6, 6.07) is 1.03. The van der Waals surface area contributed by atoms with E-state index in [2.05, 4.69) is 5.32 Å². The van der Waals surface area contributed by atoms with Crippen molar-refractivity contribution in [2.75, 3.05) is 27.4 Å². The van der Waals surface area contributed by atoms with Gasteiger partial charge in [-0.2, -0.15) is 0 Å². The minimum Gasteiger partial charge on any atom is -0.383 e. The van der Waals surface area contributed by atoms with Crippen LogP contribution >= 0.6 is 0 Å². The Morgan fingerprint density at radius 2 is 2.19 bits per heavy atom. The molecule has 3 N–H and O–H groups in total. The number of rotatable bonds is 8. The molecule has 1 fully saturated rings. The molecule has 1 aliphatic rings. The van der Waals surface area contributed by atoms with Gasteiger partial charge in [-0.25, -0.2) is 0 Å². The zero-order chi connectivity index (χ0) is 11.8. The lowest BCUT2D eigenvalue weighted by Gasteiger charge is -2.22. The highest BCUT2D eigenvalue weighted by Gasteiger charge is 2.25. The third kappa shape index (κ3) is 4.78. The Morgan fingerprint density at radius 1 is 1.38 bits per heavy atom. The fourth-order valence-electron chi connectivity index (χ4n) is 2.42. The van der Waals surface area contributed by atoms with Crippen molar-refractivity contribution in [3.63, 3.8) is 0 Å². The SMILES string of the molecule is COCC(CCCN)NC1CCC(OC)C1. The quantitative estimate of drug-likeness (QED) is 0.650. The molecule has 1 aliphatic carbocycles. The summed E-state index contributed by atoms with van der Waals surface area (Å²) in [4.78, 5) is 0. The summed E-state index contributed by atoms with van der Waals surface area (Å²) >= 11 is 0. The highest BCUT2D eigenvalue weighted by molar-refractivity contribution is 4.84. The third-order valence-electron chi connectivity index (χ3n) is 3.31. The first kappa shape index (κ1) is 13.9. The molecule has 1 saturated carbocycles. The van der Waals surface area contributed by atoms with Crippen molar-refractivity contribution in [3.8, 4) is 0 Å². The molecule has 4 heteroatoms. The van der Waals surface area contributed by atoms with E-state index in [1.165, 1.54) is 12.8 Å². The molecule has 0 amide bonds. The van der Waals surface area contributed by atoms with Crippen LogP contribution in [-0.2, 0) is 9.47 Å². The summed E-state index contributed by atoms with van der Waals surface area (Å²) in [7, 11) is 3.55. The monoisotopic (exact) mass is 230 g/mol. The molecule has 0 spiro atoms. The smallest absolute Gasteiger partial charge is 0.0615 e. The van der Waals surface area contributed by atoms with E-state index in [1.54, 1.807) is 14.2 Å². The van der Waals surface area contributed by atoms with Crippen LogP contribution in [0.1, 0.15) is 32.1 Å². The van der Waals surface area contributed by atoms with Gasteiger partial charge in [-0.1, -0.05) is 0 Å². The zero-order valence-corrected chi connectivity index (χ0v) is 10.6. The van der Waals surface area contributed by atoms with E-state index in [0.717, 1.165) is 32.4 Å². The van der Waals surface area contributed by atoms with Crippen molar-refractivity contribution in [1.29, 1.82) is 0 Å². The van der Waals surface area contributed by atoms with Crippen molar-refractivity contribution in [1.82, 2.24) is 5.32 Å². The van der Waals surface area contributed by atoms with Crippen LogP contribution in [0, 0.1) is 0 Å². The van der Waals surface area contributed by atoms with Crippen molar-refractivity contribution >= 4 is 0 Å². The molecule has 3 atom stereocenters. The topological polar surface area (TPSA) is 56.5 Å². The lowest BCUT2D eigenvalue weighted by Crippen LogP contribution is -2.40. The molecule has 0 saturated heterocycles. The Bertz CT molecular complexity index is 178. The molecule has 0 heterocycles. The van der Waals surface area contributed by atoms with E-state index in [4.69, 9.17) is 15.2 Å². The molecule has 0 bridgehead atoms. The number of nitrogens with two attached hydrogens (primary N) is 1. The van der Waals surface area contributed by atoms with Crippen LogP contribution in [-0.4, -0.2) is 45.6 Å². The number of hydrogen-bond donors (Lipinski definition) is 2. The Kier molecular flexibility index (Phi) is 6.96. The fourth-order valence-corrected chi connectivity index (χ4v) is 2.42. The summed E-state index contributed by atoms with van der Waals surface area (Å²) in [6.07, 6.45) is 6.10. The van der Waals surface area contributed by atoms with Crippen LogP contribution in [0.3, 0.4) is 0 Å². The van der Waals surface area contributed by atoms with Crippen molar-refractivity contribution in [2.24, 2.45) is 5.73 Å². The van der Waals surface area contributed by atoms with E-state index >= 15 is 0 Å². The van der Waals surface area contributed by atoms with Gasteiger partial charge in [-0.15, -0.1) is 0 Å². The van der Waals surface area contributed by atoms with E-state index in [1.807, 2.05) is 0 Å². The second-order valence-corrected chi connectivity index (χ2v) is 4.62. The summed E-state index contributed by atoms with van der Waals surface area (Å²) < 4.78 is 10.6. The maximum atomic E-state index is 5.54. The summed E-state index contributed by atoms with van der Waals surface area (Å²) in [6.45, 7) is 1.53. The first-order valence-corrected chi connectivity index (χ1v) is 6.28. The Morgan fingerprint density at radius 3 is 2.75 bits per heavy atom. The molecule has 96 valence electrons. The Labute approximate surface area is 98.9 Å². The lowest BCUT2D eigenvalue weighted by molar-refractivity contribution is 0.104. The Hall–Kier alpha value is -0.160. The fraction of sp³-hybridized carbons (Fsp3) is 1.00. The van der Waals surface area contributed by atoms with Crippen LogP contribution < -0.4 is 11.1 Å². The van der Waals surface area contributed by atoms with Gasteiger partial charge in [-0.05, 0) is 38.6 Å². The van der Waals surface area contributed by atoms with Crippen molar-refractivity contribution < 1.29 is 9.47 Å². The predicted molar refractivity (Wildman–Crippen MR) is 65.5 cm³/mol. The van der Waals surface area contributed by atoms with Gasteiger partial charge >= 0.3 is 0 Å². The highest BCUT2D eigenvalue weighted by atomic mass is 16.5. The van der Waals surface area contributed by atoms with E-state index < -0.39 is 0 Å². The average Bonchev–Trinajstić information content (AvgIpc) is 2.74. The molecule has 0 aromatic rings. The molecular weight excluding hydrogens is 204 g/mol. The van der Waals surface area contributed by atoms with Crippen LogP contribution in [0.5, 0.6) is 0 Å². The van der Waals surface area contributed by atoms with Crippen LogP contribution in [0.2, 0.25) is 0 Å². The number of nitrogens with one attached hydrogen (secondary N) is 1. The lowest BCUT2D eigenvalue weighted by atomic mass is 10.1. The number of hydrogen-bond acceptors (Lipinski definition) is 4. The van der Waals surface area contributed by atoms with Gasteiger partial charge in [0.05, 0.1) is 12.7 Å². The van der Waals surface area contributed by atoms with Gasteiger partial charge < -0.3 is 20.5 Å². The van der Waals surface area contributed by atoms with Gasteiger partial charge in [0, 0.05) is 26.3 Å². The van der Waals surface area contributed by atoms with E-state index in [-0.39, 0.29) is 0 Å². The number of ether oxygens (including phenoxy) is 2. The molecule has 1 rings (SSSR count). The number of methoxy groups -OCH3 is 2. The molecule has 0 radical (unpaired) electrons. The van der Waals surface area contributed by atoms with Crippen LogP contribution in [0.4, 0.5) is 0 Å². The molecule has 16 heavy (non-hydrogen) atoms. The minimum absolute atomic E-state index is 0.439. The van der Waals surface area contributed by atoms with Crippen molar-refractivity contribution in [3.05, 3.63) is 0 Å². The molecule has 0 aliphatic heterocycles. The molecule has 3 unspecified atom stereocenters. The molecule has 0 aromatic carbocycles. The normalized spacial score (nSPS) is 27.2. The van der Waals surface area contributed by atoms with Gasteiger partial charge in [0.2, 0.25) is 0 Å². The van der Waals surface area contributed by atoms with Gasteiger partial charge in [-0.3, -0.25) is 0 Å². The maximum absolute atomic E-state index is 5.54. The van der Waals surface area contributed by atoms with Crippen LogP contribution in [0.25, 0.3) is 0 Å². The maximum Gasteiger partial charge on any atom is 0.0615 e. The first-order chi connectivity index (χ1) is 7.80. The van der Waals surface area contributed by atoms with Gasteiger partial charge in [0.25, 0.3) is 0 Å². The second kappa shape index (κ2) is 8.01. The average molecular weight is 230 g/mol. The van der Waals surface area contributed by atoms with E-state index in [9.17, 15) is 0 Å². The minimum atomic E-state index is 0.439. The molecular formula is C12H26N2O2. The zero-order valence-electron chi connectivity index (χ0n) is 10.6. The standard InChI is InChI=1S/C12H26N2O2/c1-15-9-11(4-3-7-13)14-10-5-6-12(8-10)16-2/h10-12,14H,3-9,13H2,1-2H3. The van der Waals surface area contributed by atoms with Gasteiger partial charge in [0.15, 0.2) is 0 Å². The first-order valence-electron chi connectivity index (χ1n) is 6.28. The van der Waals surface area contributed by atoms with Crippen LogP contribution in [0.15, 0.2) is 0 Å². The van der Waals surface area contributed by atoms with Crippen molar-refractivity contribution in [2.45, 2.75) is 50.3 Å². The largest absolute Gasteiger partial charge is 0.383 e. The summed E-state index contributed by atoms with van der Waals surface area (Å²) in [5.41, 5.74) is 5.54. The molecule has 4 nitrogen and oxygen atoms in total. The predicted octanol–water partition coefficient (Wildman–Crippen LogP) is 0.897. The second-order valence-electron chi connectivity index (χ2n) is 4.62. The highest BCUT2D eigenvalue weighted by Crippen LogP contribution is 2.22. The van der Waals surface area contributed by atoms with Gasteiger partial charge in [0.1, 0.15) is 0 Å². The Balaban J connectivity index is 2.25. The molecule has 0 aromatic heterocycles. The van der Waals surface area contributed by atoms with E-state index in [0.29, 0.717) is 18.2 Å². The summed E-state index contributed by atoms with van der Waals surface area (Å²) in [5.74, 6) is 0. The third-order valence-corrected chi connectivity index (χ3v) is 3.31. The summed E-state index contributed by atoms with van der Waals surface area (Å²) in [5, 5.41) is 3.66.